The fourth-order valence-corrected chi connectivity index (χ4v) is 3.08. The molecule has 0 fully saturated rings. The summed E-state index contributed by atoms with van der Waals surface area (Å²) in [5.74, 6) is -0.106. The van der Waals surface area contributed by atoms with Crippen LogP contribution in [0.2, 0.25) is 0 Å². The van der Waals surface area contributed by atoms with E-state index in [0.717, 1.165) is 34.8 Å². The molecular formula is C16H20N2O2S. The van der Waals surface area contributed by atoms with Gasteiger partial charge in [0, 0.05) is 12.3 Å². The van der Waals surface area contributed by atoms with Gasteiger partial charge in [-0.2, -0.15) is 0 Å². The first-order valence-corrected chi connectivity index (χ1v) is 7.99. The lowest BCUT2D eigenvalue weighted by Gasteiger charge is -2.06. The number of carbonyl (C=O) groups excluding carboxylic acids is 1. The van der Waals surface area contributed by atoms with Gasteiger partial charge < -0.3 is 10.4 Å². The predicted molar refractivity (Wildman–Crippen MR) is 86.1 cm³/mol. The van der Waals surface area contributed by atoms with Crippen molar-refractivity contribution >= 4 is 22.9 Å². The Morgan fingerprint density at radius 1 is 1.33 bits per heavy atom. The molecule has 0 bridgehead atoms. The second kappa shape index (κ2) is 7.33. The fourth-order valence-electron chi connectivity index (χ4n) is 2.09. The number of aliphatic hydroxyl groups is 1. The Hall–Kier alpha value is -1.72. The Bertz CT molecular complexity index is 622. The van der Waals surface area contributed by atoms with Gasteiger partial charge in [-0.3, -0.25) is 4.79 Å². The molecule has 21 heavy (non-hydrogen) atoms. The summed E-state index contributed by atoms with van der Waals surface area (Å²) < 4.78 is 0. The topological polar surface area (TPSA) is 62.2 Å². The van der Waals surface area contributed by atoms with Crippen molar-refractivity contribution in [2.45, 2.75) is 33.1 Å². The Labute approximate surface area is 128 Å². The number of carbonyl (C=O) groups is 1. The fraction of sp³-hybridized carbons (Fsp3) is 0.375. The number of hydrogen-bond acceptors (Lipinski definition) is 4. The van der Waals surface area contributed by atoms with Gasteiger partial charge in [0.1, 0.15) is 4.88 Å². The van der Waals surface area contributed by atoms with Crippen molar-refractivity contribution in [1.29, 1.82) is 0 Å². The minimum atomic E-state index is -0.106. The normalized spacial score (nSPS) is 10.6. The van der Waals surface area contributed by atoms with Crippen molar-refractivity contribution < 1.29 is 9.90 Å². The Morgan fingerprint density at radius 3 is 2.81 bits per heavy atom. The zero-order valence-corrected chi connectivity index (χ0v) is 13.2. The van der Waals surface area contributed by atoms with Gasteiger partial charge in [-0.25, -0.2) is 4.98 Å². The molecule has 0 spiro atoms. The van der Waals surface area contributed by atoms with Crippen molar-refractivity contribution in [3.63, 3.8) is 0 Å². The monoisotopic (exact) mass is 304 g/mol. The van der Waals surface area contributed by atoms with Crippen molar-refractivity contribution in [2.24, 2.45) is 0 Å². The lowest BCUT2D eigenvalue weighted by molar-refractivity contribution is 0.102. The summed E-state index contributed by atoms with van der Waals surface area (Å²) in [5.41, 5.74) is 2.62. The van der Waals surface area contributed by atoms with E-state index in [2.05, 4.69) is 10.3 Å². The molecule has 1 heterocycles. The molecule has 1 aromatic carbocycles. The number of amides is 1. The van der Waals surface area contributed by atoms with Gasteiger partial charge >= 0.3 is 0 Å². The van der Waals surface area contributed by atoms with E-state index in [0.29, 0.717) is 11.3 Å². The minimum absolute atomic E-state index is 0.103. The summed E-state index contributed by atoms with van der Waals surface area (Å²) in [4.78, 5) is 17.6. The number of aryl methyl sites for hydroxylation is 2. The van der Waals surface area contributed by atoms with Crippen LogP contribution in [0, 0.1) is 0 Å². The number of benzene rings is 1. The third kappa shape index (κ3) is 3.89. The predicted octanol–water partition coefficient (Wildman–Crippen LogP) is 3.06. The minimum Gasteiger partial charge on any atom is -0.396 e. The van der Waals surface area contributed by atoms with Crippen LogP contribution in [0.5, 0.6) is 0 Å². The number of rotatable bonds is 6. The highest BCUT2D eigenvalue weighted by atomic mass is 32.1. The van der Waals surface area contributed by atoms with E-state index in [-0.39, 0.29) is 12.5 Å². The molecule has 0 aliphatic rings. The molecule has 0 radical (unpaired) electrons. The number of nitrogens with zero attached hydrogens (tertiary/aromatic N) is 1. The lowest BCUT2D eigenvalue weighted by Crippen LogP contribution is -2.12. The summed E-state index contributed by atoms with van der Waals surface area (Å²) in [7, 11) is 0. The van der Waals surface area contributed by atoms with Gasteiger partial charge in [0.05, 0.1) is 10.7 Å². The van der Waals surface area contributed by atoms with E-state index in [4.69, 9.17) is 5.11 Å². The maximum absolute atomic E-state index is 12.4. The molecule has 0 unspecified atom stereocenters. The van der Waals surface area contributed by atoms with Crippen LogP contribution < -0.4 is 5.32 Å². The SMILES string of the molecule is CCc1nc(CC)c(C(=O)Nc2cccc(CCO)c2)s1. The van der Waals surface area contributed by atoms with E-state index < -0.39 is 0 Å². The average molecular weight is 304 g/mol. The number of aromatic nitrogens is 1. The highest BCUT2D eigenvalue weighted by Gasteiger charge is 2.16. The second-order valence-electron chi connectivity index (χ2n) is 4.72. The molecule has 0 atom stereocenters. The van der Waals surface area contributed by atoms with Crippen LogP contribution in [0.15, 0.2) is 24.3 Å². The maximum atomic E-state index is 12.4. The molecule has 2 N–H and O–H groups in total. The largest absolute Gasteiger partial charge is 0.396 e. The summed E-state index contributed by atoms with van der Waals surface area (Å²) in [5, 5.41) is 12.9. The third-order valence-corrected chi connectivity index (χ3v) is 4.41. The molecule has 4 nitrogen and oxygen atoms in total. The Morgan fingerprint density at radius 2 is 2.14 bits per heavy atom. The standard InChI is InChI=1S/C16H20N2O2S/c1-3-13-15(21-14(4-2)18-13)16(20)17-12-7-5-6-11(10-12)8-9-19/h5-7,10,19H,3-4,8-9H2,1-2H3,(H,17,20). The van der Waals surface area contributed by atoms with Gasteiger partial charge in [0.2, 0.25) is 0 Å². The first kappa shape index (κ1) is 15.7. The lowest BCUT2D eigenvalue weighted by atomic mass is 10.1. The third-order valence-electron chi connectivity index (χ3n) is 3.17. The molecule has 5 heteroatoms. The molecule has 2 rings (SSSR count). The van der Waals surface area contributed by atoms with E-state index in [1.807, 2.05) is 38.1 Å². The maximum Gasteiger partial charge on any atom is 0.267 e. The summed E-state index contributed by atoms with van der Waals surface area (Å²) in [6, 6.07) is 7.56. The average Bonchev–Trinajstić information content (AvgIpc) is 2.91. The van der Waals surface area contributed by atoms with Crippen LogP contribution in [0.1, 0.15) is 39.8 Å². The molecule has 2 aromatic rings. The van der Waals surface area contributed by atoms with Gasteiger partial charge in [-0.05, 0) is 37.0 Å². The zero-order valence-electron chi connectivity index (χ0n) is 12.3. The van der Waals surface area contributed by atoms with Crippen LogP contribution in [-0.2, 0) is 19.3 Å². The summed E-state index contributed by atoms with van der Waals surface area (Å²) in [6.07, 6.45) is 2.19. The highest BCUT2D eigenvalue weighted by Crippen LogP contribution is 2.21. The molecule has 0 saturated heterocycles. The van der Waals surface area contributed by atoms with Gasteiger partial charge in [0.15, 0.2) is 0 Å². The number of aliphatic hydroxyl groups excluding tert-OH is 1. The van der Waals surface area contributed by atoms with Crippen LogP contribution in [0.3, 0.4) is 0 Å². The molecular weight excluding hydrogens is 284 g/mol. The van der Waals surface area contributed by atoms with Crippen molar-refractivity contribution in [3.8, 4) is 0 Å². The molecule has 1 amide bonds. The van der Waals surface area contributed by atoms with Gasteiger partial charge in [-0.1, -0.05) is 26.0 Å². The zero-order chi connectivity index (χ0) is 15.2. The van der Waals surface area contributed by atoms with E-state index in [9.17, 15) is 4.79 Å². The van der Waals surface area contributed by atoms with Crippen molar-refractivity contribution in [3.05, 3.63) is 45.4 Å². The quantitative estimate of drug-likeness (QED) is 0.862. The van der Waals surface area contributed by atoms with Gasteiger partial charge in [-0.15, -0.1) is 11.3 Å². The molecule has 0 saturated carbocycles. The van der Waals surface area contributed by atoms with Gasteiger partial charge in [0.25, 0.3) is 5.91 Å². The number of hydrogen-bond donors (Lipinski definition) is 2. The van der Waals surface area contributed by atoms with Crippen molar-refractivity contribution in [1.82, 2.24) is 4.98 Å². The highest BCUT2D eigenvalue weighted by molar-refractivity contribution is 7.13. The Balaban J connectivity index is 2.17. The molecule has 0 aliphatic heterocycles. The number of nitrogens with one attached hydrogen (secondary N) is 1. The molecule has 1 aromatic heterocycles. The smallest absolute Gasteiger partial charge is 0.267 e. The number of thiazole rings is 1. The van der Waals surface area contributed by atoms with E-state index >= 15 is 0 Å². The molecule has 112 valence electrons. The van der Waals surface area contributed by atoms with Crippen molar-refractivity contribution in [2.75, 3.05) is 11.9 Å². The Kier molecular flexibility index (Phi) is 5.47. The van der Waals surface area contributed by atoms with Crippen LogP contribution in [0.25, 0.3) is 0 Å². The molecule has 0 aliphatic carbocycles. The van der Waals surface area contributed by atoms with E-state index in [1.54, 1.807) is 0 Å². The van der Waals surface area contributed by atoms with E-state index in [1.165, 1.54) is 11.3 Å². The summed E-state index contributed by atoms with van der Waals surface area (Å²) in [6.45, 7) is 4.15. The summed E-state index contributed by atoms with van der Waals surface area (Å²) >= 11 is 1.46. The van der Waals surface area contributed by atoms with Crippen LogP contribution >= 0.6 is 11.3 Å². The number of anilines is 1. The first-order chi connectivity index (χ1) is 10.2. The second-order valence-corrected chi connectivity index (χ2v) is 5.80. The van der Waals surface area contributed by atoms with Crippen LogP contribution in [0.4, 0.5) is 5.69 Å². The van der Waals surface area contributed by atoms with Crippen LogP contribution in [-0.4, -0.2) is 22.6 Å². The first-order valence-electron chi connectivity index (χ1n) is 7.17.